The number of hydrazine groups is 1. The predicted molar refractivity (Wildman–Crippen MR) is 52.2 cm³/mol. The number of nitrogens with zero attached hydrogens (tertiary/aromatic N) is 1. The van der Waals surface area contributed by atoms with Gasteiger partial charge in [-0.1, -0.05) is 6.07 Å². The quantitative estimate of drug-likeness (QED) is 0.399. The van der Waals surface area contributed by atoms with Gasteiger partial charge >= 0.3 is 0 Å². The third kappa shape index (κ3) is 2.06. The Morgan fingerprint density at radius 2 is 1.92 bits per heavy atom. The van der Waals surface area contributed by atoms with E-state index in [-0.39, 0.29) is 5.91 Å². The number of hydrogen-bond acceptors (Lipinski definition) is 2. The first kappa shape index (κ1) is 9.74. The van der Waals surface area contributed by atoms with Crippen LogP contribution in [-0.2, 0) is 0 Å². The van der Waals surface area contributed by atoms with Crippen LogP contribution in [0.4, 0.5) is 0 Å². The molecule has 0 aromatic heterocycles. The Morgan fingerprint density at radius 1 is 1.31 bits per heavy atom. The fraction of sp³-hybridized carbons (Fsp3) is 0.300. The summed E-state index contributed by atoms with van der Waals surface area (Å²) in [6, 6.07) is 5.56. The summed E-state index contributed by atoms with van der Waals surface area (Å²) in [4.78, 5) is 11.4. The largest absolute Gasteiger partial charge is 0.280 e. The SMILES string of the molecule is Cc1ccc(C(=O)N(C)N)cc1C. The highest BCUT2D eigenvalue weighted by atomic mass is 16.2. The lowest BCUT2D eigenvalue weighted by Gasteiger charge is -2.10. The Labute approximate surface area is 78.1 Å². The van der Waals surface area contributed by atoms with Crippen LogP contribution in [-0.4, -0.2) is 18.0 Å². The van der Waals surface area contributed by atoms with Crippen LogP contribution in [0.15, 0.2) is 18.2 Å². The van der Waals surface area contributed by atoms with Gasteiger partial charge in [0.05, 0.1) is 0 Å². The zero-order valence-electron chi connectivity index (χ0n) is 8.16. The van der Waals surface area contributed by atoms with Crippen molar-refractivity contribution < 1.29 is 4.79 Å². The van der Waals surface area contributed by atoms with Crippen molar-refractivity contribution >= 4 is 5.91 Å². The second-order valence-corrected chi connectivity index (χ2v) is 3.22. The molecular weight excluding hydrogens is 164 g/mol. The van der Waals surface area contributed by atoms with E-state index >= 15 is 0 Å². The van der Waals surface area contributed by atoms with Crippen LogP contribution in [0.3, 0.4) is 0 Å². The van der Waals surface area contributed by atoms with Gasteiger partial charge in [0.25, 0.3) is 5.91 Å². The number of benzene rings is 1. The monoisotopic (exact) mass is 178 g/mol. The Bertz CT molecular complexity index is 332. The molecule has 1 rings (SSSR count). The van der Waals surface area contributed by atoms with E-state index in [1.807, 2.05) is 26.0 Å². The minimum absolute atomic E-state index is 0.164. The molecule has 3 nitrogen and oxygen atoms in total. The third-order valence-corrected chi connectivity index (χ3v) is 2.07. The summed E-state index contributed by atoms with van der Waals surface area (Å²) in [7, 11) is 1.54. The molecule has 13 heavy (non-hydrogen) atoms. The molecule has 3 heteroatoms. The van der Waals surface area contributed by atoms with Gasteiger partial charge in [0, 0.05) is 12.6 Å². The third-order valence-electron chi connectivity index (χ3n) is 2.07. The molecule has 0 aliphatic rings. The summed E-state index contributed by atoms with van der Waals surface area (Å²) in [6.45, 7) is 3.98. The predicted octanol–water partition coefficient (Wildman–Crippen LogP) is 1.25. The molecule has 0 saturated carbocycles. The van der Waals surface area contributed by atoms with E-state index in [9.17, 15) is 4.79 Å². The van der Waals surface area contributed by atoms with Crippen molar-refractivity contribution in [3.8, 4) is 0 Å². The lowest BCUT2D eigenvalue weighted by Crippen LogP contribution is -2.33. The lowest BCUT2D eigenvalue weighted by atomic mass is 10.1. The Hall–Kier alpha value is -1.35. The van der Waals surface area contributed by atoms with Gasteiger partial charge < -0.3 is 0 Å². The number of carbonyl (C=O) groups excluding carboxylic acids is 1. The van der Waals surface area contributed by atoms with E-state index in [1.165, 1.54) is 12.6 Å². The minimum Gasteiger partial charge on any atom is -0.280 e. The van der Waals surface area contributed by atoms with Gasteiger partial charge in [-0.05, 0) is 37.1 Å². The van der Waals surface area contributed by atoms with E-state index in [2.05, 4.69) is 0 Å². The first-order chi connectivity index (χ1) is 6.02. The average Bonchev–Trinajstić information content (AvgIpc) is 2.08. The van der Waals surface area contributed by atoms with E-state index in [0.29, 0.717) is 5.56 Å². The molecule has 70 valence electrons. The zero-order chi connectivity index (χ0) is 10.0. The Balaban J connectivity index is 3.04. The van der Waals surface area contributed by atoms with Gasteiger partial charge in [-0.25, -0.2) is 5.84 Å². The molecule has 0 unspecified atom stereocenters. The first-order valence-corrected chi connectivity index (χ1v) is 4.12. The summed E-state index contributed by atoms with van der Waals surface area (Å²) in [5.41, 5.74) is 2.91. The molecule has 0 saturated heterocycles. The van der Waals surface area contributed by atoms with Crippen molar-refractivity contribution in [2.45, 2.75) is 13.8 Å². The summed E-state index contributed by atoms with van der Waals surface area (Å²) in [6.07, 6.45) is 0. The molecule has 0 fully saturated rings. The normalized spacial score (nSPS) is 9.85. The van der Waals surface area contributed by atoms with Gasteiger partial charge in [0.15, 0.2) is 0 Å². The van der Waals surface area contributed by atoms with Crippen molar-refractivity contribution in [1.82, 2.24) is 5.01 Å². The molecule has 1 aromatic rings. The Morgan fingerprint density at radius 3 is 2.38 bits per heavy atom. The maximum Gasteiger partial charge on any atom is 0.267 e. The van der Waals surface area contributed by atoms with Gasteiger partial charge in [-0.3, -0.25) is 9.80 Å². The summed E-state index contributed by atoms with van der Waals surface area (Å²) in [5.74, 6) is 5.18. The van der Waals surface area contributed by atoms with Crippen molar-refractivity contribution in [2.75, 3.05) is 7.05 Å². The number of amides is 1. The molecule has 0 heterocycles. The lowest BCUT2D eigenvalue weighted by molar-refractivity contribution is 0.0795. The Kier molecular flexibility index (Phi) is 2.68. The second kappa shape index (κ2) is 3.58. The van der Waals surface area contributed by atoms with Gasteiger partial charge in [0.1, 0.15) is 0 Å². The number of aryl methyl sites for hydroxylation is 2. The fourth-order valence-corrected chi connectivity index (χ4v) is 1.08. The van der Waals surface area contributed by atoms with Crippen LogP contribution >= 0.6 is 0 Å². The molecule has 0 bridgehead atoms. The van der Waals surface area contributed by atoms with Crippen LogP contribution in [0.2, 0.25) is 0 Å². The zero-order valence-corrected chi connectivity index (χ0v) is 8.16. The maximum atomic E-state index is 11.4. The topological polar surface area (TPSA) is 46.3 Å². The molecule has 0 aliphatic heterocycles. The summed E-state index contributed by atoms with van der Waals surface area (Å²) < 4.78 is 0. The van der Waals surface area contributed by atoms with Crippen molar-refractivity contribution in [3.63, 3.8) is 0 Å². The highest BCUT2D eigenvalue weighted by molar-refractivity contribution is 5.93. The van der Waals surface area contributed by atoms with E-state index in [0.717, 1.165) is 10.6 Å². The highest BCUT2D eigenvalue weighted by Gasteiger charge is 2.08. The molecule has 0 radical (unpaired) electrons. The molecule has 0 atom stereocenters. The van der Waals surface area contributed by atoms with E-state index in [4.69, 9.17) is 5.84 Å². The standard InChI is InChI=1S/C10H14N2O/c1-7-4-5-9(6-8(7)2)10(13)12(3)11/h4-6H,11H2,1-3H3. The molecule has 2 N–H and O–H groups in total. The number of carbonyl (C=O) groups is 1. The molecular formula is C10H14N2O. The van der Waals surface area contributed by atoms with E-state index < -0.39 is 0 Å². The second-order valence-electron chi connectivity index (χ2n) is 3.22. The van der Waals surface area contributed by atoms with Crippen LogP contribution in [0.5, 0.6) is 0 Å². The van der Waals surface area contributed by atoms with Gasteiger partial charge in [0.2, 0.25) is 0 Å². The van der Waals surface area contributed by atoms with Crippen LogP contribution < -0.4 is 5.84 Å². The minimum atomic E-state index is -0.164. The summed E-state index contributed by atoms with van der Waals surface area (Å²) >= 11 is 0. The van der Waals surface area contributed by atoms with Crippen LogP contribution in [0, 0.1) is 13.8 Å². The van der Waals surface area contributed by atoms with Gasteiger partial charge in [-0.2, -0.15) is 0 Å². The number of nitrogens with two attached hydrogens (primary N) is 1. The van der Waals surface area contributed by atoms with Crippen molar-refractivity contribution in [2.24, 2.45) is 5.84 Å². The van der Waals surface area contributed by atoms with Crippen LogP contribution in [0.25, 0.3) is 0 Å². The number of hydrogen-bond donors (Lipinski definition) is 1. The van der Waals surface area contributed by atoms with Gasteiger partial charge in [-0.15, -0.1) is 0 Å². The highest BCUT2D eigenvalue weighted by Crippen LogP contribution is 2.10. The van der Waals surface area contributed by atoms with Crippen LogP contribution in [0.1, 0.15) is 21.5 Å². The van der Waals surface area contributed by atoms with Crippen molar-refractivity contribution in [3.05, 3.63) is 34.9 Å². The number of rotatable bonds is 1. The molecule has 1 amide bonds. The fourth-order valence-electron chi connectivity index (χ4n) is 1.08. The first-order valence-electron chi connectivity index (χ1n) is 4.12. The molecule has 1 aromatic carbocycles. The van der Waals surface area contributed by atoms with Crippen molar-refractivity contribution in [1.29, 1.82) is 0 Å². The smallest absolute Gasteiger partial charge is 0.267 e. The molecule has 0 spiro atoms. The maximum absolute atomic E-state index is 11.4. The average molecular weight is 178 g/mol. The molecule has 0 aliphatic carbocycles. The van der Waals surface area contributed by atoms with E-state index in [1.54, 1.807) is 6.07 Å². The summed E-state index contributed by atoms with van der Waals surface area (Å²) in [5, 5.41) is 1.09.